The van der Waals surface area contributed by atoms with Crippen LogP contribution in [0.1, 0.15) is 27.9 Å². The van der Waals surface area contributed by atoms with Gasteiger partial charge in [0.2, 0.25) is 0 Å². The van der Waals surface area contributed by atoms with Gasteiger partial charge in [-0.3, -0.25) is 0 Å². The number of thiazole rings is 1. The minimum Gasteiger partial charge on any atom is -0.0622 e. The Hall–Kier alpha value is -3.21. The maximum absolute atomic E-state index is 10.6. The zero-order chi connectivity index (χ0) is 22.6. The van der Waals surface area contributed by atoms with Crippen molar-refractivity contribution in [3.05, 3.63) is 118 Å². The van der Waals surface area contributed by atoms with Gasteiger partial charge in [0.1, 0.15) is 0 Å². The van der Waals surface area contributed by atoms with Crippen molar-refractivity contribution in [3.8, 4) is 0 Å². The van der Waals surface area contributed by atoms with Crippen LogP contribution < -0.4 is 3.80 Å². The molecule has 1 heterocycles. The molecule has 0 bridgehead atoms. The second-order valence-electron chi connectivity index (χ2n) is 6.97. The van der Waals surface area contributed by atoms with Crippen LogP contribution in [0.5, 0.6) is 0 Å². The second kappa shape index (κ2) is 9.51. The average molecular weight is 502 g/mol. The molecule has 0 saturated carbocycles. The van der Waals surface area contributed by atoms with E-state index in [9.17, 15) is 4.79 Å². The number of aromatic nitrogens is 1. The fourth-order valence-electron chi connectivity index (χ4n) is 3.88. The normalized spacial score (nSPS) is 13.4. The van der Waals surface area contributed by atoms with Crippen LogP contribution in [-0.4, -0.2) is 45.7 Å². The van der Waals surface area contributed by atoms with Gasteiger partial charge in [-0.2, -0.15) is 0 Å². The Morgan fingerprint density at radius 2 is 1.44 bits per heavy atom. The molecule has 0 atom stereocenters. The first-order valence-corrected chi connectivity index (χ1v) is 11.6. The van der Waals surface area contributed by atoms with Crippen molar-refractivity contribution in [2.45, 2.75) is 5.41 Å². The Balaban J connectivity index is 0.000000166. The third kappa shape index (κ3) is 4.12. The molecule has 1 N–H and O–H groups in total. The number of oxime groups is 1. The smallest absolute Gasteiger partial charge is 0.0622 e. The molecular weight excluding hydrogens is 483 g/mol. The quantitative estimate of drug-likeness (QED) is 0.226. The van der Waals surface area contributed by atoms with E-state index in [0.717, 1.165) is 3.80 Å². The van der Waals surface area contributed by atoms with Crippen LogP contribution in [0.25, 0.3) is 0 Å². The van der Waals surface area contributed by atoms with Crippen LogP contribution in [0.4, 0.5) is 0 Å². The molecule has 158 valence electrons. The van der Waals surface area contributed by atoms with Gasteiger partial charge in [0, 0.05) is 0 Å². The van der Waals surface area contributed by atoms with Crippen molar-refractivity contribution in [3.63, 3.8) is 0 Å². The number of fused-ring (bicyclic) bond motifs is 1. The van der Waals surface area contributed by atoms with E-state index in [1.807, 2.05) is 0 Å². The molecule has 2 radical (unpaired) electrons. The summed E-state index contributed by atoms with van der Waals surface area (Å²) >= 11 is 3.57. The number of benzene rings is 3. The van der Waals surface area contributed by atoms with Crippen LogP contribution in [0.2, 0.25) is 0 Å². The van der Waals surface area contributed by atoms with Crippen molar-refractivity contribution < 1.29 is 14.7 Å². The molecule has 5 nitrogen and oxygen atoms in total. The van der Waals surface area contributed by atoms with E-state index in [1.54, 1.807) is 5.38 Å². The van der Waals surface area contributed by atoms with Gasteiger partial charge in [0.25, 0.3) is 0 Å². The average Bonchev–Trinajstić information content (AvgIpc) is 3.33. The molecule has 0 saturated heterocycles. The molecule has 3 aromatic carbocycles. The van der Waals surface area contributed by atoms with Crippen molar-refractivity contribution in [1.82, 2.24) is 4.98 Å². The van der Waals surface area contributed by atoms with Crippen LogP contribution in [0, 0.1) is 0 Å². The van der Waals surface area contributed by atoms with Crippen molar-refractivity contribution in [2.24, 2.45) is 5.16 Å². The molecular formula is C25H19AsN2O3S. The number of hydrogen-bond acceptors (Lipinski definition) is 5. The van der Waals surface area contributed by atoms with Crippen molar-refractivity contribution in [1.29, 1.82) is 0 Å². The minimum atomic E-state index is -1.15. The van der Waals surface area contributed by atoms with E-state index < -0.39 is 5.97 Å². The molecule has 0 spiro atoms. The van der Waals surface area contributed by atoms with Gasteiger partial charge in [0.05, 0.1) is 5.41 Å². The third-order valence-corrected chi connectivity index (χ3v) is 6.72. The Morgan fingerprint density at radius 3 is 1.84 bits per heavy atom. The Kier molecular flexibility index (Phi) is 6.54. The molecule has 1 aliphatic rings. The van der Waals surface area contributed by atoms with Gasteiger partial charge in [-0.15, -0.1) is 0 Å². The monoisotopic (exact) mass is 502 g/mol. The van der Waals surface area contributed by atoms with E-state index in [1.165, 1.54) is 40.7 Å². The Bertz CT molecular complexity index is 1190. The number of hydrogen-bond donors (Lipinski definition) is 1. The molecule has 0 amide bonds. The van der Waals surface area contributed by atoms with E-state index in [0.29, 0.717) is 5.69 Å². The molecule has 0 fully saturated rings. The molecule has 4 aromatic rings. The van der Waals surface area contributed by atoms with Gasteiger partial charge in [-0.25, -0.2) is 0 Å². The molecule has 5 rings (SSSR count). The fourth-order valence-corrected chi connectivity index (χ4v) is 4.97. The fraction of sp³-hybridized carbons (Fsp3) is 0.0800. The number of nitrogens with zero attached hydrogens (tertiary/aromatic N) is 2. The third-order valence-electron chi connectivity index (χ3n) is 5.21. The summed E-state index contributed by atoms with van der Waals surface area (Å²) in [7, 11) is 1.29. The van der Waals surface area contributed by atoms with E-state index in [2.05, 4.69) is 117 Å². The van der Waals surface area contributed by atoms with Gasteiger partial charge in [0.15, 0.2) is 0 Å². The predicted molar refractivity (Wildman–Crippen MR) is 127 cm³/mol. The van der Waals surface area contributed by atoms with Gasteiger partial charge in [-0.05, 0) is 22.3 Å². The van der Waals surface area contributed by atoms with Crippen LogP contribution in [-0.2, 0) is 15.0 Å². The number of carbonyl (C=O) groups is 1. The van der Waals surface area contributed by atoms with Crippen molar-refractivity contribution >= 4 is 43.7 Å². The summed E-state index contributed by atoms with van der Waals surface area (Å²) < 4.78 is 0.729. The summed E-state index contributed by atoms with van der Waals surface area (Å²) in [6.45, 7) is 0. The maximum Gasteiger partial charge on any atom is 0.0708 e. The zero-order valence-electron chi connectivity index (χ0n) is 17.2. The molecule has 0 unspecified atom stereocenters. The first-order valence-electron chi connectivity index (χ1n) is 9.79. The Labute approximate surface area is 198 Å². The molecule has 32 heavy (non-hydrogen) atoms. The molecule has 1 aromatic heterocycles. The summed E-state index contributed by atoms with van der Waals surface area (Å²) in [6, 6.07) is 30.3. The minimum absolute atomic E-state index is 0.00792. The summed E-state index contributed by atoms with van der Waals surface area (Å²) in [5.74, 6) is -1.15. The predicted octanol–water partition coefficient (Wildman–Crippen LogP) is 3.75. The summed E-state index contributed by atoms with van der Waals surface area (Å²) in [5, 5.41) is 13.7. The largest absolute Gasteiger partial charge is 0.0708 e. The molecule has 0 aliphatic heterocycles. The van der Waals surface area contributed by atoms with E-state index in [-0.39, 0.29) is 11.1 Å². The van der Waals surface area contributed by atoms with Crippen LogP contribution in [0.15, 0.2) is 95.5 Å². The summed E-state index contributed by atoms with van der Waals surface area (Å²) in [5.41, 5.74) is 5.72. The first-order chi connectivity index (χ1) is 15.6. The Morgan fingerprint density at radius 1 is 0.938 bits per heavy atom. The van der Waals surface area contributed by atoms with Crippen LogP contribution in [0.3, 0.4) is 0 Å². The van der Waals surface area contributed by atoms with Crippen molar-refractivity contribution in [2.75, 3.05) is 7.11 Å². The second-order valence-corrected chi connectivity index (χ2v) is 9.38. The number of rotatable bonds is 5. The van der Waals surface area contributed by atoms with Gasteiger partial charge >= 0.3 is 86.7 Å². The van der Waals surface area contributed by atoms with E-state index >= 15 is 0 Å². The number of aliphatic carboxylic acids is 1. The number of carboxylic acids is 1. The van der Waals surface area contributed by atoms with E-state index in [4.69, 9.17) is 5.11 Å². The topological polar surface area (TPSA) is 71.8 Å². The van der Waals surface area contributed by atoms with Gasteiger partial charge < -0.3 is 0 Å². The summed E-state index contributed by atoms with van der Waals surface area (Å²) in [4.78, 5) is 19.0. The first kappa shape index (κ1) is 22.0. The SMILES string of the molecule is CON=C(C(=O)O)c1csc([As])n1.c1ccc(C2(c3ccccc3)c3ccccc32)cc1. The van der Waals surface area contributed by atoms with Gasteiger partial charge in [-0.1, -0.05) is 84.9 Å². The number of carboxylic acid groups (broad SMARTS) is 1. The molecule has 1 aliphatic carbocycles. The standard InChI is InChI=1S/C19H14.C6H5AsN2O3S/c1-3-9-15(10-4-1)19(16-11-5-2-6-12-16)17-13-7-8-14-18(17)19;1-12-9-4(5(10)11)3-2-13-6(7)8-3/h1-14H;2H,1H3,(H,10,11). The zero-order valence-corrected chi connectivity index (χ0v) is 19.9. The summed E-state index contributed by atoms with van der Waals surface area (Å²) in [6.07, 6.45) is 0. The van der Waals surface area contributed by atoms with Crippen LogP contribution >= 0.6 is 11.3 Å². The molecule has 7 heteroatoms. The maximum atomic E-state index is 10.6.